The molecule has 0 saturated heterocycles. The van der Waals surface area contributed by atoms with Gasteiger partial charge in [0.2, 0.25) is 5.91 Å². The Labute approximate surface area is 91.7 Å². The van der Waals surface area contributed by atoms with Gasteiger partial charge in [0.25, 0.3) is 0 Å². The Hall–Kier alpha value is -0.910. The monoisotopic (exact) mass is 235 g/mol. The summed E-state index contributed by atoms with van der Waals surface area (Å²) >= 11 is 0. The molecule has 15 heavy (non-hydrogen) atoms. The number of hydrogen-bond acceptors (Lipinski definition) is 3. The predicted molar refractivity (Wildman–Crippen MR) is 58.0 cm³/mol. The van der Waals surface area contributed by atoms with E-state index >= 15 is 0 Å². The maximum Gasteiger partial charge on any atom is 0.316 e. The number of carbonyl (C=O) groups is 2. The molecule has 0 aliphatic carbocycles. The molecule has 0 rings (SSSR count). The molecule has 0 aromatic carbocycles. The second-order valence-corrected chi connectivity index (χ2v) is 6.06. The number of rotatable bonds is 4. The summed E-state index contributed by atoms with van der Waals surface area (Å²) in [6, 6.07) is 0. The Balaban J connectivity index is 4.32. The molecule has 2 unspecified atom stereocenters. The number of nitrogens with one attached hydrogen (secondary N) is 1. The van der Waals surface area contributed by atoms with E-state index in [9.17, 15) is 13.8 Å². The van der Waals surface area contributed by atoms with Crippen LogP contribution in [0.4, 0.5) is 0 Å². The van der Waals surface area contributed by atoms with E-state index in [0.717, 1.165) is 0 Å². The molecular formula is C9H17NO4S. The minimum Gasteiger partial charge on any atom is -0.481 e. The van der Waals surface area contributed by atoms with Crippen LogP contribution in [0.15, 0.2) is 0 Å². The van der Waals surface area contributed by atoms with Crippen LogP contribution < -0.4 is 5.32 Å². The van der Waals surface area contributed by atoms with Crippen LogP contribution in [0.1, 0.15) is 27.7 Å². The lowest BCUT2D eigenvalue weighted by atomic mass is 10.1. The quantitative estimate of drug-likeness (QED) is 0.725. The third-order valence-corrected chi connectivity index (χ3v) is 3.06. The fourth-order valence-electron chi connectivity index (χ4n) is 0.837. The lowest BCUT2D eigenvalue weighted by Crippen LogP contribution is -2.46. The maximum atomic E-state index is 11.5. The molecule has 0 aromatic heterocycles. The van der Waals surface area contributed by atoms with E-state index < -0.39 is 33.3 Å². The first-order valence-electron chi connectivity index (χ1n) is 4.54. The number of aliphatic carboxylic acids is 1. The van der Waals surface area contributed by atoms with Crippen molar-refractivity contribution in [3.05, 3.63) is 0 Å². The second kappa shape index (κ2) is 5.25. The normalized spacial score (nSPS) is 15.5. The smallest absolute Gasteiger partial charge is 0.316 e. The Bertz CT molecular complexity index is 282. The van der Waals surface area contributed by atoms with Gasteiger partial charge in [-0.25, -0.2) is 0 Å². The van der Waals surface area contributed by atoms with Gasteiger partial charge in [0.05, 0.1) is 0 Å². The summed E-state index contributed by atoms with van der Waals surface area (Å²) in [7, 11) is -1.67. The van der Waals surface area contributed by atoms with Gasteiger partial charge in [-0.05, 0) is 27.7 Å². The van der Waals surface area contributed by atoms with E-state index in [1.54, 1.807) is 20.8 Å². The van der Waals surface area contributed by atoms with Crippen molar-refractivity contribution in [2.45, 2.75) is 38.5 Å². The molecule has 0 bridgehead atoms. The Kier molecular flexibility index (Phi) is 4.93. The summed E-state index contributed by atoms with van der Waals surface area (Å²) in [5.41, 5.74) is -0.404. The number of amides is 1. The molecule has 0 aliphatic heterocycles. The summed E-state index contributed by atoms with van der Waals surface area (Å²) in [4.78, 5) is 21.8. The predicted octanol–water partition coefficient (Wildman–Crippen LogP) is 0.123. The molecule has 0 heterocycles. The zero-order valence-electron chi connectivity index (χ0n) is 9.36. The fourth-order valence-corrected chi connectivity index (χ4v) is 1.63. The molecule has 0 aliphatic rings. The van der Waals surface area contributed by atoms with Crippen molar-refractivity contribution in [2.75, 3.05) is 5.75 Å². The van der Waals surface area contributed by atoms with Gasteiger partial charge >= 0.3 is 5.97 Å². The zero-order valence-corrected chi connectivity index (χ0v) is 10.2. The highest BCUT2D eigenvalue weighted by molar-refractivity contribution is 7.87. The first-order valence-corrected chi connectivity index (χ1v) is 5.92. The molecule has 0 radical (unpaired) electrons. The van der Waals surface area contributed by atoms with Crippen LogP contribution in [0.5, 0.6) is 0 Å². The average Bonchev–Trinajstić information content (AvgIpc) is 1.98. The van der Waals surface area contributed by atoms with Crippen molar-refractivity contribution in [3.63, 3.8) is 0 Å². The molecule has 0 spiro atoms. The molecular weight excluding hydrogens is 218 g/mol. The molecule has 6 heteroatoms. The molecule has 0 aromatic rings. The van der Waals surface area contributed by atoms with Crippen LogP contribution in [-0.4, -0.2) is 37.7 Å². The molecule has 2 atom stereocenters. The van der Waals surface area contributed by atoms with Crippen molar-refractivity contribution in [2.24, 2.45) is 0 Å². The van der Waals surface area contributed by atoms with Gasteiger partial charge in [-0.1, -0.05) is 0 Å². The van der Waals surface area contributed by atoms with E-state index in [0.29, 0.717) is 0 Å². The van der Waals surface area contributed by atoms with Crippen LogP contribution in [-0.2, 0) is 20.4 Å². The highest BCUT2D eigenvalue weighted by atomic mass is 32.2. The number of hydrogen-bond donors (Lipinski definition) is 2. The van der Waals surface area contributed by atoms with E-state index in [1.165, 1.54) is 6.92 Å². The van der Waals surface area contributed by atoms with Gasteiger partial charge < -0.3 is 10.4 Å². The van der Waals surface area contributed by atoms with Crippen LogP contribution in [0.25, 0.3) is 0 Å². The third-order valence-electron chi connectivity index (χ3n) is 1.53. The van der Waals surface area contributed by atoms with Crippen LogP contribution in [0.3, 0.4) is 0 Å². The molecule has 5 nitrogen and oxygen atoms in total. The van der Waals surface area contributed by atoms with Crippen LogP contribution >= 0.6 is 0 Å². The topological polar surface area (TPSA) is 83.5 Å². The van der Waals surface area contributed by atoms with E-state index in [2.05, 4.69) is 5.32 Å². The summed E-state index contributed by atoms with van der Waals surface area (Å²) in [6.07, 6.45) is 0. The number of carboxylic acids is 1. The molecule has 2 N–H and O–H groups in total. The van der Waals surface area contributed by atoms with Crippen molar-refractivity contribution >= 4 is 22.7 Å². The standard InChI is InChI=1S/C9H17NO4S/c1-6(15(14)5-7(11)12)8(13)10-9(2,3)4/h6H,5H2,1-4H3,(H,10,13)(H,11,12). The first-order chi connectivity index (χ1) is 6.63. The van der Waals surface area contributed by atoms with Gasteiger partial charge in [0, 0.05) is 16.3 Å². The average molecular weight is 235 g/mol. The molecule has 1 amide bonds. The van der Waals surface area contributed by atoms with Crippen molar-refractivity contribution in [1.29, 1.82) is 0 Å². The fraction of sp³-hybridized carbons (Fsp3) is 0.778. The van der Waals surface area contributed by atoms with Crippen molar-refractivity contribution in [1.82, 2.24) is 5.32 Å². The van der Waals surface area contributed by atoms with E-state index in [4.69, 9.17) is 5.11 Å². The molecule has 0 fully saturated rings. The van der Waals surface area contributed by atoms with Crippen molar-refractivity contribution < 1.29 is 18.9 Å². The van der Waals surface area contributed by atoms with Gasteiger partial charge in [0.1, 0.15) is 11.0 Å². The highest BCUT2D eigenvalue weighted by Gasteiger charge is 2.24. The van der Waals surface area contributed by atoms with Crippen LogP contribution in [0, 0.1) is 0 Å². The van der Waals surface area contributed by atoms with Gasteiger partial charge in [0.15, 0.2) is 0 Å². The Morgan fingerprint density at radius 1 is 1.40 bits per heavy atom. The minimum absolute atomic E-state index is 0.387. The number of carbonyl (C=O) groups excluding carboxylic acids is 1. The van der Waals surface area contributed by atoms with E-state index in [-0.39, 0.29) is 5.91 Å². The zero-order chi connectivity index (χ0) is 12.2. The highest BCUT2D eigenvalue weighted by Crippen LogP contribution is 2.03. The minimum atomic E-state index is -1.67. The molecule has 88 valence electrons. The summed E-state index contributed by atoms with van der Waals surface area (Å²) < 4.78 is 11.4. The summed E-state index contributed by atoms with van der Waals surface area (Å²) in [5, 5.41) is 10.3. The second-order valence-electron chi connectivity index (χ2n) is 4.30. The Morgan fingerprint density at radius 3 is 2.20 bits per heavy atom. The lowest BCUT2D eigenvalue weighted by Gasteiger charge is -2.22. The third kappa shape index (κ3) is 6.22. The van der Waals surface area contributed by atoms with Gasteiger partial charge in [-0.15, -0.1) is 0 Å². The first kappa shape index (κ1) is 14.1. The number of carboxylic acid groups (broad SMARTS) is 1. The molecule has 0 saturated carbocycles. The van der Waals surface area contributed by atoms with Gasteiger partial charge in [-0.2, -0.15) is 0 Å². The Morgan fingerprint density at radius 2 is 1.87 bits per heavy atom. The van der Waals surface area contributed by atoms with Crippen LogP contribution in [0.2, 0.25) is 0 Å². The summed E-state index contributed by atoms with van der Waals surface area (Å²) in [5.74, 6) is -2.05. The van der Waals surface area contributed by atoms with Gasteiger partial charge in [-0.3, -0.25) is 13.8 Å². The lowest BCUT2D eigenvalue weighted by molar-refractivity contribution is -0.133. The summed E-state index contributed by atoms with van der Waals surface area (Å²) in [6.45, 7) is 6.87. The maximum absolute atomic E-state index is 11.5. The van der Waals surface area contributed by atoms with Crippen molar-refractivity contribution in [3.8, 4) is 0 Å². The van der Waals surface area contributed by atoms with E-state index in [1.807, 2.05) is 0 Å². The largest absolute Gasteiger partial charge is 0.481 e. The SMILES string of the molecule is CC(C(=O)NC(C)(C)C)S(=O)CC(=O)O.